The minimum Gasteiger partial charge on any atom is -0.488 e. The van der Waals surface area contributed by atoms with Crippen molar-refractivity contribution in [2.45, 2.75) is 34.3 Å². The Bertz CT molecular complexity index is 1190. The molecule has 2 aromatic carbocycles. The van der Waals surface area contributed by atoms with Crippen LogP contribution >= 0.6 is 11.3 Å². The summed E-state index contributed by atoms with van der Waals surface area (Å²) in [6.07, 6.45) is 0. The number of carbonyl (C=O) groups excluding carboxylic acids is 1. The number of fused-ring (bicyclic) bond motifs is 1. The highest BCUT2D eigenvalue weighted by atomic mass is 32.1. The van der Waals surface area contributed by atoms with E-state index in [2.05, 4.69) is 15.5 Å². The Morgan fingerprint density at radius 3 is 2.48 bits per heavy atom. The number of thiazole rings is 1. The molecule has 0 saturated carbocycles. The van der Waals surface area contributed by atoms with Crippen molar-refractivity contribution in [2.75, 3.05) is 5.32 Å². The molecule has 0 radical (unpaired) electrons. The maximum atomic E-state index is 12.8. The summed E-state index contributed by atoms with van der Waals surface area (Å²) in [6.45, 7) is 7.95. The van der Waals surface area contributed by atoms with Crippen LogP contribution in [0, 0.1) is 27.7 Å². The zero-order valence-electron chi connectivity index (χ0n) is 16.7. The van der Waals surface area contributed by atoms with E-state index in [0.717, 1.165) is 32.7 Å². The van der Waals surface area contributed by atoms with E-state index < -0.39 is 0 Å². The molecule has 4 rings (SSSR count). The summed E-state index contributed by atoms with van der Waals surface area (Å²) in [5, 5.41) is 7.32. The molecule has 0 atom stereocenters. The lowest BCUT2D eigenvalue weighted by Crippen LogP contribution is -2.15. The van der Waals surface area contributed by atoms with Crippen molar-refractivity contribution < 1.29 is 14.1 Å². The number of ether oxygens (including phenoxy) is 1. The number of nitrogens with one attached hydrogen (secondary N) is 1. The number of para-hydroxylation sites is 2. The molecule has 0 unspecified atom stereocenters. The van der Waals surface area contributed by atoms with Gasteiger partial charge in [0, 0.05) is 0 Å². The number of hydrogen-bond donors (Lipinski definition) is 1. The number of anilines is 1. The largest absolute Gasteiger partial charge is 0.488 e. The third-order valence-corrected chi connectivity index (χ3v) is 5.75. The van der Waals surface area contributed by atoms with Crippen molar-refractivity contribution in [3.05, 3.63) is 70.1 Å². The van der Waals surface area contributed by atoms with E-state index >= 15 is 0 Å². The summed E-state index contributed by atoms with van der Waals surface area (Å²) in [5.41, 5.74) is 4.87. The molecule has 4 aromatic rings. The van der Waals surface area contributed by atoms with E-state index in [1.165, 1.54) is 11.3 Å². The number of carbonyl (C=O) groups is 1. The van der Waals surface area contributed by atoms with Crippen molar-refractivity contribution in [1.82, 2.24) is 10.1 Å². The summed E-state index contributed by atoms with van der Waals surface area (Å²) in [4.78, 5) is 17.4. The second-order valence-corrected chi connectivity index (χ2v) is 8.00. The second kappa shape index (κ2) is 7.67. The van der Waals surface area contributed by atoms with Crippen LogP contribution in [0.2, 0.25) is 0 Å². The first-order chi connectivity index (χ1) is 13.9. The third kappa shape index (κ3) is 3.73. The smallest absolute Gasteiger partial charge is 0.280 e. The molecule has 1 amide bonds. The molecule has 2 heterocycles. The van der Waals surface area contributed by atoms with Gasteiger partial charge in [-0.1, -0.05) is 46.8 Å². The van der Waals surface area contributed by atoms with Crippen LogP contribution in [-0.4, -0.2) is 16.0 Å². The molecule has 1 N–H and O–H groups in total. The van der Waals surface area contributed by atoms with Gasteiger partial charge in [0.05, 0.1) is 15.8 Å². The maximum Gasteiger partial charge on any atom is 0.280 e. The quantitative estimate of drug-likeness (QED) is 0.483. The van der Waals surface area contributed by atoms with Gasteiger partial charge in [-0.05, 0) is 50.5 Å². The van der Waals surface area contributed by atoms with Gasteiger partial charge in [-0.25, -0.2) is 4.98 Å². The average Bonchev–Trinajstić information content (AvgIpc) is 3.25. The number of hydrogen-bond acceptors (Lipinski definition) is 6. The van der Waals surface area contributed by atoms with Gasteiger partial charge < -0.3 is 9.26 Å². The minimum atomic E-state index is -0.362. The fraction of sp³-hybridized carbons (Fsp3) is 0.227. The number of nitrogens with zero attached hydrogens (tertiary/aromatic N) is 2. The maximum absolute atomic E-state index is 12.8. The molecule has 0 saturated heterocycles. The van der Waals surface area contributed by atoms with Crippen LogP contribution < -0.4 is 10.1 Å². The van der Waals surface area contributed by atoms with E-state index in [4.69, 9.17) is 9.26 Å². The van der Waals surface area contributed by atoms with Crippen molar-refractivity contribution in [3.8, 4) is 5.75 Å². The van der Waals surface area contributed by atoms with Gasteiger partial charge in [-0.2, -0.15) is 0 Å². The normalized spacial score (nSPS) is 11.0. The first kappa shape index (κ1) is 19.1. The van der Waals surface area contributed by atoms with Gasteiger partial charge in [0.25, 0.3) is 5.91 Å². The summed E-state index contributed by atoms with van der Waals surface area (Å²) >= 11 is 1.43. The van der Waals surface area contributed by atoms with Crippen LogP contribution in [0.5, 0.6) is 5.75 Å². The van der Waals surface area contributed by atoms with E-state index in [0.29, 0.717) is 16.5 Å². The van der Waals surface area contributed by atoms with E-state index in [1.54, 1.807) is 6.92 Å². The SMILES string of the molecule is Cc1cccc(C)c1OCc1c(C(=O)Nc2nc3c(C)cccc3s2)noc1C. The molecular weight excluding hydrogens is 386 g/mol. The zero-order chi connectivity index (χ0) is 20.5. The molecular formula is C22H21N3O3S. The molecule has 0 aliphatic carbocycles. The Balaban J connectivity index is 1.56. The van der Waals surface area contributed by atoms with Gasteiger partial charge in [-0.15, -0.1) is 0 Å². The van der Waals surface area contributed by atoms with Crippen molar-refractivity contribution >= 4 is 32.6 Å². The molecule has 7 heteroatoms. The van der Waals surface area contributed by atoms with Crippen LogP contribution in [0.25, 0.3) is 10.2 Å². The third-order valence-electron chi connectivity index (χ3n) is 4.81. The standard InChI is InChI=1S/C22H21N3O3S/c1-12-7-6-10-17-18(12)23-22(29-17)24-21(26)19-16(15(4)28-25-19)11-27-20-13(2)8-5-9-14(20)3/h5-10H,11H2,1-4H3,(H,23,24,26). The minimum absolute atomic E-state index is 0.197. The van der Waals surface area contributed by atoms with Gasteiger partial charge in [0.1, 0.15) is 18.1 Å². The van der Waals surface area contributed by atoms with Gasteiger partial charge in [0.15, 0.2) is 10.8 Å². The fourth-order valence-corrected chi connectivity index (χ4v) is 4.15. The molecule has 0 bridgehead atoms. The van der Waals surface area contributed by atoms with E-state index in [-0.39, 0.29) is 18.2 Å². The molecule has 0 aliphatic heterocycles. The summed E-state index contributed by atoms with van der Waals surface area (Å²) in [7, 11) is 0. The number of rotatable bonds is 5. The Hall–Kier alpha value is -3.19. The molecule has 0 aliphatic rings. The number of benzene rings is 2. The number of amides is 1. The Labute approximate surface area is 172 Å². The van der Waals surface area contributed by atoms with Gasteiger partial charge in [0.2, 0.25) is 0 Å². The highest BCUT2D eigenvalue weighted by Gasteiger charge is 2.22. The number of aromatic nitrogens is 2. The fourth-order valence-electron chi connectivity index (χ4n) is 3.21. The first-order valence-corrected chi connectivity index (χ1v) is 10.1. The number of aryl methyl sites for hydroxylation is 4. The molecule has 6 nitrogen and oxygen atoms in total. The Kier molecular flexibility index (Phi) is 5.07. The second-order valence-electron chi connectivity index (χ2n) is 6.97. The first-order valence-electron chi connectivity index (χ1n) is 9.25. The summed E-state index contributed by atoms with van der Waals surface area (Å²) in [5.74, 6) is 1.00. The van der Waals surface area contributed by atoms with Crippen molar-refractivity contribution in [3.63, 3.8) is 0 Å². The van der Waals surface area contributed by atoms with Crippen LogP contribution in [0.15, 0.2) is 40.9 Å². The van der Waals surface area contributed by atoms with Crippen LogP contribution in [-0.2, 0) is 6.61 Å². The Morgan fingerprint density at radius 1 is 1.07 bits per heavy atom. The molecule has 2 aromatic heterocycles. The topological polar surface area (TPSA) is 77.2 Å². The lowest BCUT2D eigenvalue weighted by atomic mass is 10.1. The Morgan fingerprint density at radius 2 is 1.76 bits per heavy atom. The van der Waals surface area contributed by atoms with Crippen molar-refractivity contribution in [1.29, 1.82) is 0 Å². The summed E-state index contributed by atoms with van der Waals surface area (Å²) in [6, 6.07) is 11.9. The lowest BCUT2D eigenvalue weighted by Gasteiger charge is -2.11. The summed E-state index contributed by atoms with van der Waals surface area (Å²) < 4.78 is 12.3. The van der Waals surface area contributed by atoms with Gasteiger partial charge in [-0.3, -0.25) is 10.1 Å². The predicted molar refractivity (Wildman–Crippen MR) is 114 cm³/mol. The van der Waals surface area contributed by atoms with Gasteiger partial charge >= 0.3 is 0 Å². The molecule has 0 fully saturated rings. The van der Waals surface area contributed by atoms with E-state index in [9.17, 15) is 4.79 Å². The van der Waals surface area contributed by atoms with Crippen LogP contribution in [0.1, 0.15) is 38.5 Å². The van der Waals surface area contributed by atoms with E-state index in [1.807, 2.05) is 57.2 Å². The van der Waals surface area contributed by atoms with Crippen LogP contribution in [0.4, 0.5) is 5.13 Å². The lowest BCUT2D eigenvalue weighted by molar-refractivity contribution is 0.101. The predicted octanol–water partition coefficient (Wildman–Crippen LogP) is 5.35. The molecule has 29 heavy (non-hydrogen) atoms. The van der Waals surface area contributed by atoms with Crippen LogP contribution in [0.3, 0.4) is 0 Å². The highest BCUT2D eigenvalue weighted by Crippen LogP contribution is 2.29. The monoisotopic (exact) mass is 407 g/mol. The molecule has 148 valence electrons. The van der Waals surface area contributed by atoms with Crippen molar-refractivity contribution in [2.24, 2.45) is 0 Å². The zero-order valence-corrected chi connectivity index (χ0v) is 17.5. The molecule has 0 spiro atoms. The highest BCUT2D eigenvalue weighted by molar-refractivity contribution is 7.22. The average molecular weight is 407 g/mol.